The number of fused-ring (bicyclic) bond motifs is 1. The van der Waals surface area contributed by atoms with Crippen LogP contribution in [-0.2, 0) is 16.1 Å². The first-order chi connectivity index (χ1) is 12.3. The second-order valence-corrected chi connectivity index (χ2v) is 6.83. The zero-order valence-corrected chi connectivity index (χ0v) is 14.8. The zero-order chi connectivity index (χ0) is 19.0. The maximum Gasteiger partial charge on any atom is 0.262 e. The van der Waals surface area contributed by atoms with Gasteiger partial charge in [-0.25, -0.2) is 0 Å². The topological polar surface area (TPSA) is 113 Å². The van der Waals surface area contributed by atoms with Crippen LogP contribution in [0.2, 0.25) is 0 Å². The van der Waals surface area contributed by atoms with Crippen molar-refractivity contribution in [1.82, 2.24) is 15.1 Å². The van der Waals surface area contributed by atoms with Crippen LogP contribution in [0.25, 0.3) is 0 Å². The predicted molar refractivity (Wildman–Crippen MR) is 93.1 cm³/mol. The number of nitrogens with one attached hydrogen (secondary N) is 1. The van der Waals surface area contributed by atoms with Gasteiger partial charge in [-0.2, -0.15) is 0 Å². The van der Waals surface area contributed by atoms with Gasteiger partial charge in [0.1, 0.15) is 6.04 Å². The maximum absolute atomic E-state index is 12.8. The molecule has 0 aliphatic carbocycles. The van der Waals surface area contributed by atoms with Crippen LogP contribution in [0.4, 0.5) is 0 Å². The van der Waals surface area contributed by atoms with E-state index in [9.17, 15) is 19.2 Å². The molecule has 2 heterocycles. The van der Waals surface area contributed by atoms with Gasteiger partial charge >= 0.3 is 0 Å². The minimum atomic E-state index is -0.941. The second kappa shape index (κ2) is 6.97. The summed E-state index contributed by atoms with van der Waals surface area (Å²) in [5.74, 6) is -1.97. The highest BCUT2D eigenvalue weighted by atomic mass is 16.2. The molecule has 0 radical (unpaired) electrons. The number of benzene rings is 1. The van der Waals surface area contributed by atoms with E-state index >= 15 is 0 Å². The molecule has 3 N–H and O–H groups in total. The van der Waals surface area contributed by atoms with Gasteiger partial charge in [-0.15, -0.1) is 0 Å². The number of nitrogens with zero attached hydrogens (tertiary/aromatic N) is 2. The zero-order valence-electron chi connectivity index (χ0n) is 14.8. The lowest BCUT2D eigenvalue weighted by Crippen LogP contribution is -2.54. The maximum atomic E-state index is 12.8. The van der Waals surface area contributed by atoms with E-state index in [4.69, 9.17) is 5.73 Å². The molecular weight excluding hydrogens is 336 g/mol. The van der Waals surface area contributed by atoms with Crippen LogP contribution in [0.5, 0.6) is 0 Å². The Morgan fingerprint density at radius 2 is 1.92 bits per heavy atom. The summed E-state index contributed by atoms with van der Waals surface area (Å²) < 4.78 is 0. The van der Waals surface area contributed by atoms with Crippen LogP contribution < -0.4 is 11.1 Å². The number of nitrogens with two attached hydrogens (primary N) is 1. The minimum absolute atomic E-state index is 0.108. The molecule has 1 aromatic rings. The number of carbonyl (C=O) groups excluding carboxylic acids is 4. The van der Waals surface area contributed by atoms with E-state index in [0.29, 0.717) is 18.7 Å². The van der Waals surface area contributed by atoms with Gasteiger partial charge in [0.15, 0.2) is 0 Å². The lowest BCUT2D eigenvalue weighted by Gasteiger charge is -2.27. The molecule has 0 bridgehead atoms. The highest BCUT2D eigenvalue weighted by molar-refractivity contribution is 6.23. The molecule has 0 aromatic heterocycles. The largest absolute Gasteiger partial charge is 0.329 e. The Kier molecular flexibility index (Phi) is 4.88. The minimum Gasteiger partial charge on any atom is -0.329 e. The van der Waals surface area contributed by atoms with Gasteiger partial charge in [0.2, 0.25) is 11.8 Å². The average Bonchev–Trinajstić information content (AvgIpc) is 2.85. The number of likely N-dealkylation sites (N-methyl/N-ethyl adjacent to an activating group) is 1. The summed E-state index contributed by atoms with van der Waals surface area (Å²) in [5, 5.41) is 2.19. The molecule has 1 fully saturated rings. The fourth-order valence-electron chi connectivity index (χ4n) is 3.24. The second-order valence-electron chi connectivity index (χ2n) is 6.83. The average molecular weight is 358 g/mol. The van der Waals surface area contributed by atoms with Gasteiger partial charge in [0, 0.05) is 25.6 Å². The van der Waals surface area contributed by atoms with E-state index < -0.39 is 23.8 Å². The van der Waals surface area contributed by atoms with E-state index in [1.807, 2.05) is 14.0 Å². The lowest BCUT2D eigenvalue weighted by molar-refractivity contribution is -0.136. The highest BCUT2D eigenvalue weighted by Gasteiger charge is 2.44. The number of rotatable bonds is 5. The summed E-state index contributed by atoms with van der Waals surface area (Å²) in [6.45, 7) is 3.11. The third-order valence-corrected chi connectivity index (χ3v) is 5.03. The Hall–Kier alpha value is -2.58. The molecule has 138 valence electrons. The summed E-state index contributed by atoms with van der Waals surface area (Å²) in [6, 6.07) is 4.36. The Morgan fingerprint density at radius 3 is 2.58 bits per heavy atom. The van der Waals surface area contributed by atoms with Gasteiger partial charge in [-0.3, -0.25) is 34.3 Å². The van der Waals surface area contributed by atoms with Crippen molar-refractivity contribution >= 4 is 23.6 Å². The summed E-state index contributed by atoms with van der Waals surface area (Å²) >= 11 is 0. The predicted octanol–water partition coefficient (Wildman–Crippen LogP) is -0.133. The van der Waals surface area contributed by atoms with Crippen molar-refractivity contribution in [3.63, 3.8) is 0 Å². The molecule has 0 spiro atoms. The van der Waals surface area contributed by atoms with Gasteiger partial charge in [-0.1, -0.05) is 6.07 Å². The van der Waals surface area contributed by atoms with Gasteiger partial charge in [0.25, 0.3) is 11.8 Å². The highest BCUT2D eigenvalue weighted by Crippen LogP contribution is 2.28. The van der Waals surface area contributed by atoms with Crippen molar-refractivity contribution in [2.24, 2.45) is 5.73 Å². The molecule has 4 amide bonds. The molecule has 0 saturated carbocycles. The first kappa shape index (κ1) is 18.2. The van der Waals surface area contributed by atoms with Crippen LogP contribution >= 0.6 is 0 Å². The van der Waals surface area contributed by atoms with Crippen molar-refractivity contribution in [3.8, 4) is 0 Å². The van der Waals surface area contributed by atoms with Crippen molar-refractivity contribution in [2.45, 2.75) is 38.4 Å². The smallest absolute Gasteiger partial charge is 0.262 e. The summed E-state index contributed by atoms with van der Waals surface area (Å²) in [5.41, 5.74) is 7.15. The number of amides is 4. The molecule has 8 nitrogen and oxygen atoms in total. The van der Waals surface area contributed by atoms with Crippen LogP contribution in [0.1, 0.15) is 46.0 Å². The molecule has 1 unspecified atom stereocenters. The van der Waals surface area contributed by atoms with Gasteiger partial charge in [-0.05, 0) is 38.1 Å². The van der Waals surface area contributed by atoms with Crippen LogP contribution in [0.15, 0.2) is 18.2 Å². The summed E-state index contributed by atoms with van der Waals surface area (Å²) in [6.07, 6.45) is 0.260. The molecule has 2 atom stereocenters. The summed E-state index contributed by atoms with van der Waals surface area (Å²) in [4.78, 5) is 51.8. The number of imide groups is 2. The molecular formula is C18H22N4O4. The molecule has 8 heteroatoms. The molecule has 2 aliphatic heterocycles. The SMILES string of the molecule is C[C@H](CN)N(C)Cc1ccc2c(c1)C(=O)N(C1CCC(=O)NC1=O)C2=O. The normalized spacial score (nSPS) is 21.2. The van der Waals surface area contributed by atoms with Crippen LogP contribution in [0.3, 0.4) is 0 Å². The van der Waals surface area contributed by atoms with Crippen LogP contribution in [-0.4, -0.2) is 59.1 Å². The number of piperidine rings is 1. The first-order valence-electron chi connectivity index (χ1n) is 8.58. The third kappa shape index (κ3) is 3.13. The van der Waals surface area contributed by atoms with Gasteiger partial charge in [0.05, 0.1) is 11.1 Å². The molecule has 26 heavy (non-hydrogen) atoms. The molecule has 3 rings (SSSR count). The van der Waals surface area contributed by atoms with E-state index in [1.54, 1.807) is 18.2 Å². The Balaban J connectivity index is 1.84. The van der Waals surface area contributed by atoms with Crippen molar-refractivity contribution in [3.05, 3.63) is 34.9 Å². The monoisotopic (exact) mass is 358 g/mol. The van der Waals surface area contributed by atoms with Crippen molar-refractivity contribution in [1.29, 1.82) is 0 Å². The van der Waals surface area contributed by atoms with E-state index in [1.165, 1.54) is 0 Å². The van der Waals surface area contributed by atoms with Crippen molar-refractivity contribution in [2.75, 3.05) is 13.6 Å². The van der Waals surface area contributed by atoms with E-state index in [-0.39, 0.29) is 30.4 Å². The van der Waals surface area contributed by atoms with E-state index in [2.05, 4.69) is 10.2 Å². The quantitative estimate of drug-likeness (QED) is 0.709. The Morgan fingerprint density at radius 1 is 1.23 bits per heavy atom. The lowest BCUT2D eigenvalue weighted by atomic mass is 10.0. The number of carbonyl (C=O) groups is 4. The number of hydrogen-bond donors (Lipinski definition) is 2. The van der Waals surface area contributed by atoms with E-state index in [0.717, 1.165) is 10.5 Å². The molecule has 1 saturated heterocycles. The number of hydrogen-bond acceptors (Lipinski definition) is 6. The molecule has 1 aromatic carbocycles. The first-order valence-corrected chi connectivity index (χ1v) is 8.58. The summed E-state index contributed by atoms with van der Waals surface area (Å²) in [7, 11) is 1.94. The molecule has 2 aliphatic rings. The third-order valence-electron chi connectivity index (χ3n) is 5.03. The Bertz CT molecular complexity index is 791. The van der Waals surface area contributed by atoms with Crippen LogP contribution in [0, 0.1) is 0 Å². The van der Waals surface area contributed by atoms with Crippen molar-refractivity contribution < 1.29 is 19.2 Å². The standard InChI is InChI=1S/C18H22N4O4/c1-10(8-19)21(2)9-11-3-4-12-13(7-11)18(26)22(17(12)25)14-5-6-15(23)20-16(14)24/h3-4,7,10,14H,5-6,8-9,19H2,1-2H3,(H,20,23,24)/t10-,14?/m1/s1. The fraction of sp³-hybridized carbons (Fsp3) is 0.444. The fourth-order valence-corrected chi connectivity index (χ4v) is 3.24. The Labute approximate surface area is 151 Å². The van der Waals surface area contributed by atoms with Gasteiger partial charge < -0.3 is 5.73 Å².